The van der Waals surface area contributed by atoms with Crippen molar-refractivity contribution in [1.29, 1.82) is 0 Å². The molecule has 2 aromatic carbocycles. The summed E-state index contributed by atoms with van der Waals surface area (Å²) in [6, 6.07) is 14.7. The molecule has 0 aromatic heterocycles. The molecule has 2 amide bonds. The number of carbonyl (C=O) groups excluding carboxylic acids is 2. The van der Waals surface area contributed by atoms with E-state index in [9.17, 15) is 9.59 Å². The van der Waals surface area contributed by atoms with E-state index in [0.29, 0.717) is 10.0 Å². The third-order valence-electron chi connectivity index (χ3n) is 5.64. The van der Waals surface area contributed by atoms with Crippen molar-refractivity contribution in [1.82, 2.24) is 10.6 Å². The lowest BCUT2D eigenvalue weighted by Gasteiger charge is -2.77. The molecule has 2 N–H and O–H groups in total. The number of hydrogen-bond acceptors (Lipinski definition) is 2. The Kier molecular flexibility index (Phi) is 2.58. The maximum atomic E-state index is 12.4. The molecule has 0 bridgehead atoms. The molecule has 2 aliphatic heterocycles. The van der Waals surface area contributed by atoms with Crippen LogP contribution in [0.3, 0.4) is 0 Å². The van der Waals surface area contributed by atoms with Crippen LogP contribution in [-0.2, 0) is 20.7 Å². The average molecular weight is 359 g/mol. The molecule has 4 nitrogen and oxygen atoms in total. The lowest BCUT2D eigenvalue weighted by atomic mass is 9.35. The number of β-lactam (4-membered cyclic amide) rings is 2. The third-order valence-corrected chi connectivity index (χ3v) is 6.30. The molecule has 6 heteroatoms. The van der Waals surface area contributed by atoms with Gasteiger partial charge in [-0.15, -0.1) is 0 Å². The van der Waals surface area contributed by atoms with Crippen LogP contribution >= 0.6 is 23.2 Å². The number of piperidine rings is 2. The topological polar surface area (TPSA) is 58.2 Å². The van der Waals surface area contributed by atoms with Crippen molar-refractivity contribution >= 4 is 35.0 Å². The molecular weight excluding hydrogens is 347 g/mol. The van der Waals surface area contributed by atoms with Crippen molar-refractivity contribution in [2.75, 3.05) is 0 Å². The zero-order valence-corrected chi connectivity index (χ0v) is 13.9. The Balaban J connectivity index is 1.71. The van der Waals surface area contributed by atoms with Gasteiger partial charge in [-0.3, -0.25) is 9.59 Å². The molecule has 2 heterocycles. The van der Waals surface area contributed by atoms with Gasteiger partial charge in [0.25, 0.3) is 0 Å². The first-order valence-electron chi connectivity index (χ1n) is 7.67. The fourth-order valence-electron chi connectivity index (χ4n) is 4.82. The molecule has 1 saturated carbocycles. The molecule has 3 fully saturated rings. The van der Waals surface area contributed by atoms with Crippen molar-refractivity contribution in [2.45, 2.75) is 11.1 Å². The predicted molar refractivity (Wildman–Crippen MR) is 89.5 cm³/mol. The van der Waals surface area contributed by atoms with E-state index in [0.717, 1.165) is 11.1 Å². The highest BCUT2D eigenvalue weighted by Crippen LogP contribution is 2.72. The Morgan fingerprint density at radius 1 is 0.708 bits per heavy atom. The monoisotopic (exact) mass is 358 g/mol. The second-order valence-corrected chi connectivity index (χ2v) is 7.36. The van der Waals surface area contributed by atoms with Crippen LogP contribution < -0.4 is 10.6 Å². The molecule has 24 heavy (non-hydrogen) atoms. The first-order chi connectivity index (χ1) is 11.5. The lowest BCUT2D eigenvalue weighted by Crippen LogP contribution is -2.97. The summed E-state index contributed by atoms with van der Waals surface area (Å²) in [7, 11) is 0. The van der Waals surface area contributed by atoms with Gasteiger partial charge in [0.1, 0.15) is 0 Å². The fourth-order valence-corrected chi connectivity index (χ4v) is 5.40. The lowest BCUT2D eigenvalue weighted by molar-refractivity contribution is -0.230. The molecule has 3 aliphatic rings. The minimum absolute atomic E-state index is 0.0916. The van der Waals surface area contributed by atoms with Crippen LogP contribution in [0.15, 0.2) is 48.5 Å². The molecule has 0 unspecified atom stereocenters. The van der Waals surface area contributed by atoms with Gasteiger partial charge in [-0.1, -0.05) is 59.6 Å². The predicted octanol–water partition coefficient (Wildman–Crippen LogP) is 2.59. The zero-order valence-electron chi connectivity index (χ0n) is 12.3. The summed E-state index contributed by atoms with van der Waals surface area (Å²) in [4.78, 5) is 24.8. The van der Waals surface area contributed by atoms with Crippen molar-refractivity contribution in [3.63, 3.8) is 0 Å². The van der Waals surface area contributed by atoms with Crippen molar-refractivity contribution in [3.8, 4) is 0 Å². The Morgan fingerprint density at radius 2 is 1.08 bits per heavy atom. The third kappa shape index (κ3) is 1.31. The SMILES string of the molecule is O=C1NC2(c3ccccc3Cl)C1C1(c3ccccc3Cl)NC(=O)C21. The maximum Gasteiger partial charge on any atom is 0.229 e. The molecule has 2 aromatic rings. The highest BCUT2D eigenvalue weighted by molar-refractivity contribution is 6.32. The first kappa shape index (κ1) is 14.3. The van der Waals surface area contributed by atoms with Crippen LogP contribution in [0.25, 0.3) is 0 Å². The molecule has 0 spiro atoms. The van der Waals surface area contributed by atoms with E-state index in [2.05, 4.69) is 10.6 Å². The normalized spacial score (nSPS) is 35.4. The highest BCUT2D eigenvalue weighted by atomic mass is 35.5. The van der Waals surface area contributed by atoms with Gasteiger partial charge in [0.05, 0.1) is 22.9 Å². The van der Waals surface area contributed by atoms with Crippen LogP contribution in [0.4, 0.5) is 0 Å². The van der Waals surface area contributed by atoms with Crippen LogP contribution in [0, 0.1) is 11.8 Å². The molecule has 120 valence electrons. The van der Waals surface area contributed by atoms with E-state index >= 15 is 0 Å². The minimum atomic E-state index is -0.739. The van der Waals surface area contributed by atoms with Gasteiger partial charge in [0, 0.05) is 10.0 Å². The Labute approximate surface area is 148 Å². The van der Waals surface area contributed by atoms with Gasteiger partial charge >= 0.3 is 0 Å². The zero-order chi connectivity index (χ0) is 16.7. The smallest absolute Gasteiger partial charge is 0.229 e. The molecule has 5 rings (SSSR count). The van der Waals surface area contributed by atoms with E-state index in [-0.39, 0.29) is 11.8 Å². The fraction of sp³-hybridized carbons (Fsp3) is 0.222. The number of nitrogens with one attached hydrogen (secondary N) is 2. The van der Waals surface area contributed by atoms with Gasteiger partial charge in [-0.2, -0.15) is 0 Å². The number of carbonyl (C=O) groups is 2. The number of amides is 2. The summed E-state index contributed by atoms with van der Waals surface area (Å²) in [6.45, 7) is 0. The molecule has 0 atom stereocenters. The van der Waals surface area contributed by atoms with E-state index in [1.807, 2.05) is 36.4 Å². The van der Waals surface area contributed by atoms with Gasteiger partial charge in [0.15, 0.2) is 0 Å². The summed E-state index contributed by atoms with van der Waals surface area (Å²) in [5.74, 6) is -1.00. The molecular formula is C18H12Cl2N2O2. The van der Waals surface area contributed by atoms with Crippen LogP contribution in [0.2, 0.25) is 10.0 Å². The number of hydrogen-bond donors (Lipinski definition) is 2. The summed E-state index contributed by atoms with van der Waals surface area (Å²) >= 11 is 12.7. The van der Waals surface area contributed by atoms with E-state index in [4.69, 9.17) is 23.2 Å². The van der Waals surface area contributed by atoms with E-state index in [1.54, 1.807) is 12.1 Å². The largest absolute Gasteiger partial charge is 0.344 e. The second-order valence-electron chi connectivity index (χ2n) is 6.54. The summed E-state index contributed by atoms with van der Waals surface area (Å²) < 4.78 is 0. The molecule has 1 aliphatic carbocycles. The van der Waals surface area contributed by atoms with Crippen LogP contribution in [0.1, 0.15) is 11.1 Å². The van der Waals surface area contributed by atoms with Gasteiger partial charge in [-0.05, 0) is 23.3 Å². The summed E-state index contributed by atoms with van der Waals surface area (Å²) in [5.41, 5.74) is 0.103. The Hall–Kier alpha value is -2.04. The first-order valence-corrected chi connectivity index (χ1v) is 8.43. The summed E-state index contributed by atoms with van der Waals surface area (Å²) in [6.07, 6.45) is 0. The Morgan fingerprint density at radius 3 is 1.42 bits per heavy atom. The van der Waals surface area contributed by atoms with Crippen molar-refractivity contribution < 1.29 is 9.59 Å². The van der Waals surface area contributed by atoms with Crippen molar-refractivity contribution in [2.24, 2.45) is 11.8 Å². The van der Waals surface area contributed by atoms with Crippen LogP contribution in [0.5, 0.6) is 0 Å². The summed E-state index contributed by atoms with van der Waals surface area (Å²) in [5, 5.41) is 7.02. The standard InChI is InChI=1S/C18H12Cl2N2O2/c19-11-7-3-1-5-9(11)17-13(15(23)21-17)18(14(17)16(24)22-18)10-6-2-4-8-12(10)20/h1-8,13-14H,(H,21,23)(H,22,24). The number of fused-ring (bicyclic) bond motifs is 4. The average Bonchev–Trinajstić information content (AvgIpc) is 2.53. The number of halogens is 2. The highest BCUT2D eigenvalue weighted by Gasteiger charge is 2.88. The number of rotatable bonds is 2. The maximum absolute atomic E-state index is 12.4. The van der Waals surface area contributed by atoms with Gasteiger partial charge in [0.2, 0.25) is 11.8 Å². The van der Waals surface area contributed by atoms with E-state index < -0.39 is 22.9 Å². The molecule has 0 radical (unpaired) electrons. The quantitative estimate of drug-likeness (QED) is 0.810. The Bertz CT molecular complexity index is 843. The second kappa shape index (κ2) is 4.32. The van der Waals surface area contributed by atoms with E-state index in [1.165, 1.54) is 0 Å². The van der Waals surface area contributed by atoms with Gasteiger partial charge in [-0.25, -0.2) is 0 Å². The van der Waals surface area contributed by atoms with Crippen molar-refractivity contribution in [3.05, 3.63) is 69.7 Å². The van der Waals surface area contributed by atoms with Crippen LogP contribution in [-0.4, -0.2) is 11.8 Å². The minimum Gasteiger partial charge on any atom is -0.344 e. The van der Waals surface area contributed by atoms with Gasteiger partial charge < -0.3 is 10.6 Å². The molecule has 2 saturated heterocycles. The number of benzene rings is 2.